The summed E-state index contributed by atoms with van der Waals surface area (Å²) in [5.41, 5.74) is 1.76. The molecule has 0 unspecified atom stereocenters. The smallest absolute Gasteiger partial charge is 0.255 e. The van der Waals surface area contributed by atoms with E-state index < -0.39 is 0 Å². The maximum absolute atomic E-state index is 12.5. The van der Waals surface area contributed by atoms with Gasteiger partial charge in [-0.1, -0.05) is 12.1 Å². The van der Waals surface area contributed by atoms with Crippen molar-refractivity contribution >= 4 is 27.5 Å². The highest BCUT2D eigenvalue weighted by Crippen LogP contribution is 2.34. The Kier molecular flexibility index (Phi) is 3.79. The zero-order valence-electron chi connectivity index (χ0n) is 12.7. The first-order chi connectivity index (χ1) is 11.3. The number of hydrogen-bond acceptors (Lipinski definition) is 4. The van der Waals surface area contributed by atoms with E-state index in [1.807, 2.05) is 17.0 Å². The summed E-state index contributed by atoms with van der Waals surface area (Å²) >= 11 is 1.79. The van der Waals surface area contributed by atoms with Gasteiger partial charge >= 0.3 is 0 Å². The average molecular weight is 323 g/mol. The molecule has 116 valence electrons. The second-order valence-corrected chi connectivity index (χ2v) is 6.89. The van der Waals surface area contributed by atoms with E-state index in [1.165, 1.54) is 9.71 Å². The molecule has 0 spiro atoms. The summed E-state index contributed by atoms with van der Waals surface area (Å²) in [6.07, 6.45) is 5.29. The summed E-state index contributed by atoms with van der Waals surface area (Å²) in [5.74, 6) is 0.547. The van der Waals surface area contributed by atoms with Gasteiger partial charge in [0.2, 0.25) is 0 Å². The number of amides is 1. The van der Waals surface area contributed by atoms with E-state index in [9.17, 15) is 4.79 Å². The molecule has 1 aromatic carbocycles. The van der Waals surface area contributed by atoms with Crippen LogP contribution in [0, 0.1) is 0 Å². The Morgan fingerprint density at radius 3 is 2.70 bits per heavy atom. The number of hydrogen-bond donors (Lipinski definition) is 0. The number of rotatable bonds is 2. The summed E-state index contributed by atoms with van der Waals surface area (Å²) in [7, 11) is 0. The number of fused-ring (bicyclic) bond motifs is 1. The molecule has 0 atom stereocenters. The van der Waals surface area contributed by atoms with Gasteiger partial charge in [0, 0.05) is 31.4 Å². The molecule has 4 rings (SSSR count). The third kappa shape index (κ3) is 2.84. The molecule has 1 saturated heterocycles. The maximum atomic E-state index is 12.5. The van der Waals surface area contributed by atoms with Crippen molar-refractivity contribution in [2.75, 3.05) is 13.1 Å². The van der Waals surface area contributed by atoms with Crippen molar-refractivity contribution in [3.05, 3.63) is 59.4 Å². The Morgan fingerprint density at radius 1 is 1.13 bits per heavy atom. The van der Waals surface area contributed by atoms with E-state index in [-0.39, 0.29) is 5.91 Å². The first-order valence-electron chi connectivity index (χ1n) is 7.86. The molecule has 1 amide bonds. The molecular formula is C18H17N3OS. The van der Waals surface area contributed by atoms with E-state index in [0.29, 0.717) is 11.5 Å². The topological polar surface area (TPSA) is 46.1 Å². The number of aromatic nitrogens is 2. The Bertz CT molecular complexity index is 789. The molecule has 5 heteroatoms. The summed E-state index contributed by atoms with van der Waals surface area (Å²) in [6, 6.07) is 11.9. The van der Waals surface area contributed by atoms with Crippen LogP contribution in [0.4, 0.5) is 0 Å². The summed E-state index contributed by atoms with van der Waals surface area (Å²) in [4.78, 5) is 23.2. The molecule has 3 aromatic rings. The minimum Gasteiger partial charge on any atom is -0.339 e. The predicted octanol–water partition coefficient (Wildman–Crippen LogP) is 3.71. The number of carbonyl (C=O) groups excluding carboxylic acids is 1. The highest BCUT2D eigenvalue weighted by Gasteiger charge is 2.26. The molecule has 3 heterocycles. The number of carbonyl (C=O) groups is 1. The van der Waals surface area contributed by atoms with Crippen molar-refractivity contribution < 1.29 is 4.79 Å². The monoisotopic (exact) mass is 323 g/mol. The maximum Gasteiger partial charge on any atom is 0.255 e. The Balaban J connectivity index is 1.45. The molecule has 0 saturated carbocycles. The summed E-state index contributed by atoms with van der Waals surface area (Å²) in [6.45, 7) is 1.57. The molecule has 0 bridgehead atoms. The van der Waals surface area contributed by atoms with Gasteiger partial charge in [-0.2, -0.15) is 0 Å². The van der Waals surface area contributed by atoms with Crippen molar-refractivity contribution in [2.24, 2.45) is 0 Å². The molecule has 2 aromatic heterocycles. The largest absolute Gasteiger partial charge is 0.339 e. The molecule has 1 fully saturated rings. The fourth-order valence-electron chi connectivity index (χ4n) is 3.07. The Labute approximate surface area is 138 Å². The fraction of sp³-hybridized carbons (Fsp3) is 0.278. The molecule has 0 radical (unpaired) electrons. The van der Waals surface area contributed by atoms with Crippen molar-refractivity contribution in [1.29, 1.82) is 0 Å². The standard InChI is InChI=1S/C18H17N3OS/c22-18(14-4-3-9-19-12-14)21-10-7-13(8-11-21)17-20-15-5-1-2-6-16(15)23-17/h1-6,9,12-13H,7-8,10-11H2. The highest BCUT2D eigenvalue weighted by atomic mass is 32.1. The van der Waals surface area contributed by atoms with Crippen LogP contribution in [0.25, 0.3) is 10.2 Å². The van der Waals surface area contributed by atoms with Gasteiger partial charge in [-0.05, 0) is 37.1 Å². The normalized spacial score (nSPS) is 15.9. The Morgan fingerprint density at radius 2 is 1.96 bits per heavy atom. The van der Waals surface area contributed by atoms with Crippen LogP contribution in [0.15, 0.2) is 48.8 Å². The third-order valence-corrected chi connectivity index (χ3v) is 5.55. The van der Waals surface area contributed by atoms with Crippen LogP contribution in [0.1, 0.15) is 34.1 Å². The minimum absolute atomic E-state index is 0.0841. The number of benzene rings is 1. The van der Waals surface area contributed by atoms with E-state index in [2.05, 4.69) is 23.2 Å². The van der Waals surface area contributed by atoms with E-state index in [4.69, 9.17) is 4.98 Å². The van der Waals surface area contributed by atoms with Crippen LogP contribution in [-0.4, -0.2) is 33.9 Å². The van der Waals surface area contributed by atoms with Crippen LogP contribution in [0.2, 0.25) is 0 Å². The van der Waals surface area contributed by atoms with Crippen LogP contribution < -0.4 is 0 Å². The summed E-state index contributed by atoms with van der Waals surface area (Å²) in [5, 5.41) is 1.21. The van der Waals surface area contributed by atoms with Crippen LogP contribution in [-0.2, 0) is 0 Å². The lowest BCUT2D eigenvalue weighted by Gasteiger charge is -2.31. The lowest BCUT2D eigenvalue weighted by molar-refractivity contribution is 0.0712. The van der Waals surface area contributed by atoms with Crippen LogP contribution >= 0.6 is 11.3 Å². The van der Waals surface area contributed by atoms with Gasteiger partial charge in [-0.25, -0.2) is 4.98 Å². The number of likely N-dealkylation sites (tertiary alicyclic amines) is 1. The Hall–Kier alpha value is -2.27. The van der Waals surface area contributed by atoms with Gasteiger partial charge in [0.05, 0.1) is 20.8 Å². The second kappa shape index (κ2) is 6.08. The average Bonchev–Trinajstić information content (AvgIpc) is 3.06. The first-order valence-corrected chi connectivity index (χ1v) is 8.68. The SMILES string of the molecule is O=C(c1cccnc1)N1CCC(c2nc3ccccc3s2)CC1. The third-order valence-electron chi connectivity index (χ3n) is 4.35. The molecule has 0 aliphatic carbocycles. The van der Waals surface area contributed by atoms with Gasteiger partial charge in [0.25, 0.3) is 5.91 Å². The fourth-order valence-corrected chi connectivity index (χ4v) is 4.20. The summed E-state index contributed by atoms with van der Waals surface area (Å²) < 4.78 is 1.25. The van der Waals surface area contributed by atoms with Gasteiger partial charge in [-0.15, -0.1) is 11.3 Å². The van der Waals surface area contributed by atoms with Crippen molar-refractivity contribution in [2.45, 2.75) is 18.8 Å². The van der Waals surface area contributed by atoms with Crippen molar-refractivity contribution in [3.8, 4) is 0 Å². The second-order valence-electron chi connectivity index (χ2n) is 5.83. The van der Waals surface area contributed by atoms with Crippen LogP contribution in [0.5, 0.6) is 0 Å². The minimum atomic E-state index is 0.0841. The first kappa shape index (κ1) is 14.3. The number of piperidine rings is 1. The molecule has 23 heavy (non-hydrogen) atoms. The zero-order chi connectivity index (χ0) is 15.6. The predicted molar refractivity (Wildman–Crippen MR) is 91.7 cm³/mol. The van der Waals surface area contributed by atoms with E-state index in [1.54, 1.807) is 29.8 Å². The van der Waals surface area contributed by atoms with Gasteiger partial charge in [-0.3, -0.25) is 9.78 Å². The lowest BCUT2D eigenvalue weighted by atomic mass is 9.97. The number of thiazole rings is 1. The number of nitrogens with zero attached hydrogens (tertiary/aromatic N) is 3. The van der Waals surface area contributed by atoms with Gasteiger partial charge < -0.3 is 4.90 Å². The van der Waals surface area contributed by atoms with Gasteiger partial charge in [0.1, 0.15) is 0 Å². The van der Waals surface area contributed by atoms with Gasteiger partial charge in [0.15, 0.2) is 0 Å². The van der Waals surface area contributed by atoms with E-state index in [0.717, 1.165) is 31.4 Å². The number of para-hydroxylation sites is 1. The van der Waals surface area contributed by atoms with E-state index >= 15 is 0 Å². The molecule has 1 aliphatic heterocycles. The molecular weight excluding hydrogens is 306 g/mol. The molecule has 0 N–H and O–H groups in total. The van der Waals surface area contributed by atoms with Crippen molar-refractivity contribution in [3.63, 3.8) is 0 Å². The molecule has 4 nitrogen and oxygen atoms in total. The van der Waals surface area contributed by atoms with Crippen molar-refractivity contribution in [1.82, 2.24) is 14.9 Å². The highest BCUT2D eigenvalue weighted by molar-refractivity contribution is 7.18. The molecule has 1 aliphatic rings. The zero-order valence-corrected chi connectivity index (χ0v) is 13.5. The number of pyridine rings is 1. The lowest BCUT2D eigenvalue weighted by Crippen LogP contribution is -2.37. The quantitative estimate of drug-likeness (QED) is 0.722. The van der Waals surface area contributed by atoms with Crippen LogP contribution in [0.3, 0.4) is 0 Å².